The molecule has 0 saturated carbocycles. The molecule has 0 aliphatic rings. The second kappa shape index (κ2) is 4.48. The molecular weight excluding hydrogens is 182 g/mol. The first-order valence-corrected chi connectivity index (χ1v) is 4.08. The van der Waals surface area contributed by atoms with E-state index in [4.69, 9.17) is 10.6 Å². The molecule has 76 valence electrons. The van der Waals surface area contributed by atoms with Gasteiger partial charge >= 0.3 is 0 Å². The summed E-state index contributed by atoms with van der Waals surface area (Å²) in [5, 5.41) is 3.92. The number of nitrogens with zero attached hydrogens (tertiary/aromatic N) is 1. The lowest BCUT2D eigenvalue weighted by atomic mass is 10.2. The average Bonchev–Trinajstić information content (AvgIpc) is 2.27. The van der Waals surface area contributed by atoms with Crippen molar-refractivity contribution in [3.63, 3.8) is 0 Å². The normalized spacial score (nSPS) is 9.36. The number of methoxy groups -OCH3 is 1. The summed E-state index contributed by atoms with van der Waals surface area (Å²) in [6, 6.07) is 5.26. The van der Waals surface area contributed by atoms with Gasteiger partial charge in [-0.05, 0) is 12.1 Å². The van der Waals surface area contributed by atoms with E-state index in [0.29, 0.717) is 17.8 Å². The van der Waals surface area contributed by atoms with Crippen LogP contribution in [-0.2, 0) is 4.79 Å². The zero-order chi connectivity index (χ0) is 10.6. The van der Waals surface area contributed by atoms with Crippen molar-refractivity contribution in [2.75, 3.05) is 24.5 Å². The molecule has 1 rings (SSSR count). The number of anilines is 2. The van der Waals surface area contributed by atoms with Gasteiger partial charge < -0.3 is 10.1 Å². The zero-order valence-electron chi connectivity index (χ0n) is 8.15. The van der Waals surface area contributed by atoms with Gasteiger partial charge in [0, 0.05) is 13.1 Å². The molecule has 0 spiro atoms. The lowest BCUT2D eigenvalue weighted by Crippen LogP contribution is -2.29. The number of hydrogen-bond donors (Lipinski definition) is 2. The van der Waals surface area contributed by atoms with Gasteiger partial charge in [-0.3, -0.25) is 4.79 Å². The summed E-state index contributed by atoms with van der Waals surface area (Å²) >= 11 is 0. The van der Waals surface area contributed by atoms with Gasteiger partial charge in [0.1, 0.15) is 5.75 Å². The monoisotopic (exact) mass is 195 g/mol. The van der Waals surface area contributed by atoms with Crippen LogP contribution in [0, 0.1) is 0 Å². The standard InChI is InChI=1S/C9H13N3O2/c1-11-8-4-3-7(14-2)5-9(8)12(10)6-13/h3-6,11H,10H2,1-2H3. The van der Waals surface area contributed by atoms with Crippen LogP contribution in [0.15, 0.2) is 18.2 Å². The van der Waals surface area contributed by atoms with E-state index >= 15 is 0 Å². The Labute approximate surface area is 82.4 Å². The lowest BCUT2D eigenvalue weighted by Gasteiger charge is -2.16. The van der Waals surface area contributed by atoms with Gasteiger partial charge in [-0.15, -0.1) is 0 Å². The van der Waals surface area contributed by atoms with E-state index in [1.807, 2.05) is 0 Å². The van der Waals surface area contributed by atoms with Crippen molar-refractivity contribution < 1.29 is 9.53 Å². The summed E-state index contributed by atoms with van der Waals surface area (Å²) in [5.41, 5.74) is 1.34. The first-order chi connectivity index (χ1) is 6.72. The summed E-state index contributed by atoms with van der Waals surface area (Å²) in [7, 11) is 3.31. The molecule has 0 aliphatic heterocycles. The molecule has 0 atom stereocenters. The smallest absolute Gasteiger partial charge is 0.228 e. The molecule has 14 heavy (non-hydrogen) atoms. The first-order valence-electron chi connectivity index (χ1n) is 4.08. The summed E-state index contributed by atoms with van der Waals surface area (Å²) in [4.78, 5) is 10.5. The minimum absolute atomic E-state index is 0.537. The second-order valence-corrected chi connectivity index (χ2v) is 2.65. The van der Waals surface area contributed by atoms with E-state index in [1.54, 1.807) is 32.4 Å². The Morgan fingerprint density at radius 1 is 1.57 bits per heavy atom. The number of hydrazine groups is 1. The van der Waals surface area contributed by atoms with Crippen molar-refractivity contribution in [2.24, 2.45) is 5.84 Å². The van der Waals surface area contributed by atoms with Crippen molar-refractivity contribution in [1.29, 1.82) is 0 Å². The minimum Gasteiger partial charge on any atom is -0.497 e. The Bertz CT molecular complexity index is 328. The van der Waals surface area contributed by atoms with Crippen molar-refractivity contribution in [2.45, 2.75) is 0 Å². The highest BCUT2D eigenvalue weighted by atomic mass is 16.5. The molecule has 5 nitrogen and oxygen atoms in total. The number of amides is 1. The van der Waals surface area contributed by atoms with Gasteiger partial charge in [-0.25, -0.2) is 10.9 Å². The molecule has 0 fully saturated rings. The van der Waals surface area contributed by atoms with Gasteiger partial charge in [-0.2, -0.15) is 0 Å². The van der Waals surface area contributed by atoms with Gasteiger partial charge in [0.25, 0.3) is 0 Å². The predicted octanol–water partition coefficient (Wildman–Crippen LogP) is 0.573. The summed E-state index contributed by atoms with van der Waals surface area (Å²) in [6.07, 6.45) is 0.537. The van der Waals surface area contributed by atoms with E-state index in [-0.39, 0.29) is 0 Å². The molecule has 0 saturated heterocycles. The van der Waals surface area contributed by atoms with Gasteiger partial charge in [0.2, 0.25) is 6.41 Å². The maximum atomic E-state index is 10.5. The maximum absolute atomic E-state index is 10.5. The molecule has 0 aliphatic carbocycles. The van der Waals surface area contributed by atoms with Crippen LogP contribution in [-0.4, -0.2) is 20.6 Å². The number of carbonyl (C=O) groups excluding carboxylic acids is 1. The van der Waals surface area contributed by atoms with Crippen molar-refractivity contribution in [3.8, 4) is 5.75 Å². The summed E-state index contributed by atoms with van der Waals surface area (Å²) in [6.45, 7) is 0. The van der Waals surface area contributed by atoms with E-state index in [0.717, 1.165) is 10.7 Å². The molecule has 0 bridgehead atoms. The number of ether oxygens (including phenoxy) is 1. The highest BCUT2D eigenvalue weighted by Gasteiger charge is 2.07. The van der Waals surface area contributed by atoms with Crippen molar-refractivity contribution >= 4 is 17.8 Å². The predicted molar refractivity (Wildman–Crippen MR) is 55.3 cm³/mol. The largest absolute Gasteiger partial charge is 0.497 e. The number of hydrogen-bond acceptors (Lipinski definition) is 4. The van der Waals surface area contributed by atoms with Crippen LogP contribution in [0.4, 0.5) is 11.4 Å². The molecular formula is C9H13N3O2. The SMILES string of the molecule is CNc1ccc(OC)cc1N(N)C=O. The highest BCUT2D eigenvalue weighted by molar-refractivity contribution is 5.83. The molecule has 0 aromatic heterocycles. The summed E-state index contributed by atoms with van der Waals surface area (Å²) < 4.78 is 5.02. The molecule has 0 radical (unpaired) electrons. The van der Waals surface area contributed by atoms with Gasteiger partial charge in [-0.1, -0.05) is 0 Å². The first kappa shape index (κ1) is 10.3. The maximum Gasteiger partial charge on any atom is 0.228 e. The highest BCUT2D eigenvalue weighted by Crippen LogP contribution is 2.27. The third-order valence-corrected chi connectivity index (χ3v) is 1.87. The third-order valence-electron chi connectivity index (χ3n) is 1.87. The molecule has 1 amide bonds. The van der Waals surface area contributed by atoms with Crippen LogP contribution in [0.2, 0.25) is 0 Å². The zero-order valence-corrected chi connectivity index (χ0v) is 8.15. The fraction of sp³-hybridized carbons (Fsp3) is 0.222. The van der Waals surface area contributed by atoms with Gasteiger partial charge in [0.05, 0.1) is 18.5 Å². The fourth-order valence-corrected chi connectivity index (χ4v) is 1.12. The number of nitrogens with two attached hydrogens (primary N) is 1. The number of rotatable bonds is 4. The lowest BCUT2D eigenvalue weighted by molar-refractivity contribution is -0.107. The molecule has 1 aromatic rings. The van der Waals surface area contributed by atoms with Crippen LogP contribution in [0.1, 0.15) is 0 Å². The van der Waals surface area contributed by atoms with Crippen LogP contribution in [0.5, 0.6) is 5.75 Å². The Morgan fingerprint density at radius 2 is 2.29 bits per heavy atom. The molecule has 1 aromatic carbocycles. The molecule has 5 heteroatoms. The van der Waals surface area contributed by atoms with Crippen LogP contribution in [0.3, 0.4) is 0 Å². The topological polar surface area (TPSA) is 67.6 Å². The number of carbonyl (C=O) groups is 1. The van der Waals surface area contributed by atoms with Crippen molar-refractivity contribution in [1.82, 2.24) is 0 Å². The van der Waals surface area contributed by atoms with Gasteiger partial charge in [0.15, 0.2) is 0 Å². The Kier molecular flexibility index (Phi) is 3.30. The Hall–Kier alpha value is -1.75. The Balaban J connectivity index is 3.14. The minimum atomic E-state index is 0.537. The van der Waals surface area contributed by atoms with E-state index < -0.39 is 0 Å². The van der Waals surface area contributed by atoms with Crippen LogP contribution >= 0.6 is 0 Å². The van der Waals surface area contributed by atoms with Crippen LogP contribution in [0.25, 0.3) is 0 Å². The average molecular weight is 195 g/mol. The number of nitrogens with one attached hydrogen (secondary N) is 1. The second-order valence-electron chi connectivity index (χ2n) is 2.65. The molecule has 0 unspecified atom stereocenters. The third kappa shape index (κ3) is 1.94. The van der Waals surface area contributed by atoms with E-state index in [1.165, 1.54) is 0 Å². The Morgan fingerprint density at radius 3 is 2.79 bits per heavy atom. The van der Waals surface area contributed by atoms with Crippen molar-refractivity contribution in [3.05, 3.63) is 18.2 Å². The quantitative estimate of drug-likeness (QED) is 0.319. The fourth-order valence-electron chi connectivity index (χ4n) is 1.12. The van der Waals surface area contributed by atoms with E-state index in [2.05, 4.69) is 5.32 Å². The van der Waals surface area contributed by atoms with Crippen LogP contribution < -0.4 is 20.9 Å². The molecule has 3 N–H and O–H groups in total. The summed E-state index contributed by atoms with van der Waals surface area (Å²) in [5.74, 6) is 6.11. The molecule has 0 heterocycles. The number of benzene rings is 1. The van der Waals surface area contributed by atoms with E-state index in [9.17, 15) is 4.79 Å².